The molecule has 0 atom stereocenters. The highest BCUT2D eigenvalue weighted by molar-refractivity contribution is 6.11. The fourth-order valence-corrected chi connectivity index (χ4v) is 3.37. The molecule has 0 unspecified atom stereocenters. The molecule has 138 valence electrons. The van der Waals surface area contributed by atoms with Crippen LogP contribution in [0.3, 0.4) is 0 Å². The molecule has 2 N–H and O–H groups in total. The third-order valence-corrected chi connectivity index (χ3v) is 4.62. The van der Waals surface area contributed by atoms with Crippen LogP contribution < -0.4 is 19.9 Å². The molecule has 7 nitrogen and oxygen atoms in total. The van der Waals surface area contributed by atoms with Crippen molar-refractivity contribution in [2.45, 2.75) is 13.8 Å². The van der Waals surface area contributed by atoms with Crippen molar-refractivity contribution in [3.63, 3.8) is 0 Å². The number of pyridine rings is 1. The zero-order valence-electron chi connectivity index (χ0n) is 14.9. The van der Waals surface area contributed by atoms with Crippen LogP contribution in [0, 0.1) is 6.92 Å². The maximum absolute atomic E-state index is 13.1. The van der Waals surface area contributed by atoms with Crippen LogP contribution >= 0.6 is 0 Å². The van der Waals surface area contributed by atoms with Crippen LogP contribution in [-0.4, -0.2) is 29.3 Å². The van der Waals surface area contributed by atoms with Gasteiger partial charge in [0.15, 0.2) is 11.5 Å². The average molecular weight is 366 g/mol. The molecule has 0 saturated heterocycles. The first-order valence-electron chi connectivity index (χ1n) is 8.58. The van der Waals surface area contributed by atoms with E-state index in [4.69, 9.17) is 9.47 Å². The lowest BCUT2D eigenvalue weighted by Gasteiger charge is -2.21. The Morgan fingerprint density at radius 1 is 1.22 bits per heavy atom. The molecule has 0 radical (unpaired) electrons. The number of nitrogens with zero attached hydrogens (tertiary/aromatic N) is 1. The fraction of sp³-hybridized carbons (Fsp3) is 0.200. The Morgan fingerprint density at radius 3 is 2.63 bits per heavy atom. The summed E-state index contributed by atoms with van der Waals surface area (Å²) in [5, 5.41) is 11.1. The van der Waals surface area contributed by atoms with Crippen LogP contribution in [0.4, 0.5) is 5.69 Å². The lowest BCUT2D eigenvalue weighted by Crippen LogP contribution is -2.34. The Bertz CT molecular complexity index is 1110. The number of aromatic hydroxyl groups is 1. The number of aromatic nitrogens is 1. The van der Waals surface area contributed by atoms with Crippen molar-refractivity contribution >= 4 is 22.5 Å². The Labute approximate surface area is 154 Å². The molecule has 1 aliphatic heterocycles. The molecule has 1 amide bonds. The molecule has 0 bridgehead atoms. The van der Waals surface area contributed by atoms with Crippen LogP contribution in [0.1, 0.15) is 22.8 Å². The SMILES string of the molecule is CCN(C(=O)c1c(O)c2c3c(c(C)cc2[nH]c1=O)OCO3)c1ccccc1. The highest BCUT2D eigenvalue weighted by atomic mass is 16.7. The number of rotatable bonds is 3. The minimum atomic E-state index is -0.655. The van der Waals surface area contributed by atoms with E-state index in [0.717, 1.165) is 5.56 Å². The van der Waals surface area contributed by atoms with Crippen molar-refractivity contribution in [1.82, 2.24) is 4.98 Å². The minimum Gasteiger partial charge on any atom is -0.506 e. The minimum absolute atomic E-state index is 0.0161. The molecule has 7 heteroatoms. The summed E-state index contributed by atoms with van der Waals surface area (Å²) < 4.78 is 10.9. The van der Waals surface area contributed by atoms with Crippen LogP contribution in [-0.2, 0) is 0 Å². The molecule has 4 rings (SSSR count). The maximum atomic E-state index is 13.1. The molecule has 0 saturated carbocycles. The van der Waals surface area contributed by atoms with Gasteiger partial charge in [-0.25, -0.2) is 0 Å². The summed E-state index contributed by atoms with van der Waals surface area (Å²) in [7, 11) is 0. The summed E-state index contributed by atoms with van der Waals surface area (Å²) in [6.07, 6.45) is 0. The number of hydrogen-bond acceptors (Lipinski definition) is 5. The molecule has 2 aromatic carbocycles. The summed E-state index contributed by atoms with van der Waals surface area (Å²) in [6, 6.07) is 10.7. The van der Waals surface area contributed by atoms with E-state index in [9.17, 15) is 14.7 Å². The monoisotopic (exact) mass is 366 g/mol. The molecule has 27 heavy (non-hydrogen) atoms. The van der Waals surface area contributed by atoms with Crippen molar-refractivity contribution in [2.75, 3.05) is 18.2 Å². The standard InChI is InChI=1S/C20H18N2O5/c1-3-22(12-7-5-4-6-8-12)20(25)15-16(23)14-13(21-19(15)24)9-11(2)17-18(14)27-10-26-17/h4-9H,3,10H2,1-2H3,(H2,21,23,24). The van der Waals surface area contributed by atoms with Gasteiger partial charge >= 0.3 is 0 Å². The van der Waals surface area contributed by atoms with E-state index in [1.54, 1.807) is 37.3 Å². The number of ether oxygens (including phenoxy) is 2. The van der Waals surface area contributed by atoms with Gasteiger partial charge < -0.3 is 24.5 Å². The summed E-state index contributed by atoms with van der Waals surface area (Å²) in [5.74, 6) is -0.165. The quantitative estimate of drug-likeness (QED) is 0.744. The number of H-pyrrole nitrogens is 1. The van der Waals surface area contributed by atoms with Gasteiger partial charge in [-0.3, -0.25) is 9.59 Å². The second-order valence-corrected chi connectivity index (χ2v) is 6.24. The number of aromatic amines is 1. The molecular formula is C20H18N2O5. The molecule has 1 aromatic heterocycles. The molecular weight excluding hydrogens is 348 g/mol. The number of nitrogens with one attached hydrogen (secondary N) is 1. The number of fused-ring (bicyclic) bond motifs is 3. The number of amides is 1. The first-order valence-corrected chi connectivity index (χ1v) is 8.58. The molecule has 3 aromatic rings. The average Bonchev–Trinajstić information content (AvgIpc) is 3.13. The first-order chi connectivity index (χ1) is 13.0. The molecule has 2 heterocycles. The zero-order chi connectivity index (χ0) is 19.1. The van der Waals surface area contributed by atoms with Crippen molar-refractivity contribution in [3.05, 3.63) is 57.9 Å². The number of para-hydroxylation sites is 1. The second kappa shape index (κ2) is 6.35. The van der Waals surface area contributed by atoms with Gasteiger partial charge in [0.2, 0.25) is 6.79 Å². The third-order valence-electron chi connectivity index (χ3n) is 4.62. The van der Waals surface area contributed by atoms with E-state index in [2.05, 4.69) is 4.98 Å². The lowest BCUT2D eigenvalue weighted by atomic mass is 10.0. The van der Waals surface area contributed by atoms with Gasteiger partial charge in [-0.2, -0.15) is 0 Å². The van der Waals surface area contributed by atoms with Crippen molar-refractivity contribution in [2.24, 2.45) is 0 Å². The number of anilines is 1. The number of benzene rings is 2. The topological polar surface area (TPSA) is 91.9 Å². The van der Waals surface area contributed by atoms with E-state index in [-0.39, 0.29) is 17.7 Å². The summed E-state index contributed by atoms with van der Waals surface area (Å²) >= 11 is 0. The van der Waals surface area contributed by atoms with Crippen LogP contribution in [0.5, 0.6) is 17.2 Å². The van der Waals surface area contributed by atoms with Gasteiger partial charge in [0, 0.05) is 12.2 Å². The van der Waals surface area contributed by atoms with Crippen LogP contribution in [0.2, 0.25) is 0 Å². The predicted molar refractivity (Wildman–Crippen MR) is 101 cm³/mol. The van der Waals surface area contributed by atoms with E-state index in [0.29, 0.717) is 29.2 Å². The number of hydrogen-bond donors (Lipinski definition) is 2. The summed E-state index contributed by atoms with van der Waals surface area (Å²) in [5.41, 5.74) is 0.812. The summed E-state index contributed by atoms with van der Waals surface area (Å²) in [4.78, 5) is 29.8. The highest BCUT2D eigenvalue weighted by Crippen LogP contribution is 2.45. The van der Waals surface area contributed by atoms with E-state index >= 15 is 0 Å². The number of carbonyl (C=O) groups is 1. The maximum Gasteiger partial charge on any atom is 0.267 e. The van der Waals surface area contributed by atoms with Gasteiger partial charge in [0.25, 0.3) is 11.5 Å². The normalized spacial score (nSPS) is 12.4. The predicted octanol–water partition coefficient (Wildman–Crippen LogP) is 2.94. The van der Waals surface area contributed by atoms with Crippen LogP contribution in [0.25, 0.3) is 10.9 Å². The fourth-order valence-electron chi connectivity index (χ4n) is 3.37. The van der Waals surface area contributed by atoms with Crippen molar-refractivity contribution < 1.29 is 19.4 Å². The Balaban J connectivity index is 1.93. The van der Waals surface area contributed by atoms with E-state index in [1.165, 1.54) is 4.90 Å². The lowest BCUT2D eigenvalue weighted by molar-refractivity contribution is 0.0984. The Kier molecular flexibility index (Phi) is 3.99. The zero-order valence-corrected chi connectivity index (χ0v) is 14.9. The Morgan fingerprint density at radius 2 is 1.93 bits per heavy atom. The van der Waals surface area contributed by atoms with Gasteiger partial charge in [0.1, 0.15) is 11.3 Å². The Hall–Kier alpha value is -3.48. The van der Waals surface area contributed by atoms with Gasteiger partial charge in [0.05, 0.1) is 10.9 Å². The molecule has 1 aliphatic rings. The highest BCUT2D eigenvalue weighted by Gasteiger charge is 2.29. The molecule has 0 fully saturated rings. The molecule has 0 spiro atoms. The van der Waals surface area contributed by atoms with Crippen LogP contribution in [0.15, 0.2) is 41.2 Å². The number of carbonyl (C=O) groups excluding carboxylic acids is 1. The smallest absolute Gasteiger partial charge is 0.267 e. The van der Waals surface area contributed by atoms with Crippen molar-refractivity contribution in [1.29, 1.82) is 0 Å². The molecule has 0 aliphatic carbocycles. The first kappa shape index (κ1) is 17.0. The van der Waals surface area contributed by atoms with Crippen molar-refractivity contribution in [3.8, 4) is 17.2 Å². The van der Waals surface area contributed by atoms with Gasteiger partial charge in [-0.15, -0.1) is 0 Å². The van der Waals surface area contributed by atoms with E-state index < -0.39 is 17.2 Å². The van der Waals surface area contributed by atoms with E-state index in [1.807, 2.05) is 13.0 Å². The third kappa shape index (κ3) is 2.59. The summed E-state index contributed by atoms with van der Waals surface area (Å²) in [6.45, 7) is 3.97. The largest absolute Gasteiger partial charge is 0.506 e. The van der Waals surface area contributed by atoms with Gasteiger partial charge in [-0.1, -0.05) is 18.2 Å². The van der Waals surface area contributed by atoms with Gasteiger partial charge in [-0.05, 0) is 37.6 Å². The number of aryl methyl sites for hydroxylation is 1. The second-order valence-electron chi connectivity index (χ2n) is 6.24.